The third-order valence-corrected chi connectivity index (χ3v) is 8.62. The summed E-state index contributed by atoms with van der Waals surface area (Å²) in [7, 11) is 0. The van der Waals surface area contributed by atoms with Crippen molar-refractivity contribution in [2.75, 3.05) is 0 Å². The summed E-state index contributed by atoms with van der Waals surface area (Å²) in [5, 5.41) is 2.19. The van der Waals surface area contributed by atoms with Gasteiger partial charge in [-0.2, -0.15) is 4.39 Å². The number of fused-ring (bicyclic) bond motifs is 3. The molecule has 3 heterocycles. The van der Waals surface area contributed by atoms with Crippen molar-refractivity contribution < 1.29 is 8.78 Å². The van der Waals surface area contributed by atoms with E-state index < -0.39 is 11.8 Å². The van der Waals surface area contributed by atoms with Crippen LogP contribution in [0.2, 0.25) is 0 Å². The van der Waals surface area contributed by atoms with Crippen molar-refractivity contribution in [1.29, 1.82) is 0 Å². The third-order valence-electron chi connectivity index (χ3n) is 8.62. The summed E-state index contributed by atoms with van der Waals surface area (Å²) in [4.78, 5) is 12.5. The molecule has 0 radical (unpaired) electrons. The van der Waals surface area contributed by atoms with Crippen molar-refractivity contribution in [2.24, 2.45) is 0 Å². The molecule has 0 fully saturated rings. The second kappa shape index (κ2) is 10.8. The third kappa shape index (κ3) is 5.18. The highest BCUT2D eigenvalue weighted by atomic mass is 19.1. The van der Waals surface area contributed by atoms with Crippen molar-refractivity contribution >= 4 is 21.8 Å². The van der Waals surface area contributed by atoms with Gasteiger partial charge in [-0.3, -0.25) is 4.98 Å². The summed E-state index contributed by atoms with van der Waals surface area (Å²) >= 11 is 0. The van der Waals surface area contributed by atoms with Crippen LogP contribution in [0.3, 0.4) is 0 Å². The number of nitrogens with zero attached hydrogens (tertiary/aromatic N) is 2. The van der Waals surface area contributed by atoms with Crippen molar-refractivity contribution in [2.45, 2.75) is 40.0 Å². The Balaban J connectivity index is 1.35. The fraction of sp³-hybridized carbons (Fsp3) is 0.150. The topological polar surface area (TPSA) is 41.6 Å². The molecule has 7 aromatic rings. The molecule has 1 N–H and O–H groups in total. The summed E-state index contributed by atoms with van der Waals surface area (Å²) < 4.78 is 27.9. The number of aromatic nitrogens is 3. The van der Waals surface area contributed by atoms with E-state index in [-0.39, 0.29) is 11.1 Å². The first kappa shape index (κ1) is 28.6. The van der Waals surface area contributed by atoms with E-state index in [0.717, 1.165) is 55.8 Å². The van der Waals surface area contributed by atoms with E-state index in [4.69, 9.17) is 4.98 Å². The van der Waals surface area contributed by atoms with Gasteiger partial charge in [-0.1, -0.05) is 87.5 Å². The number of para-hydroxylation sites is 2. The van der Waals surface area contributed by atoms with Gasteiger partial charge >= 0.3 is 0 Å². The maximum absolute atomic E-state index is 14.0. The average molecular weight is 594 g/mol. The molecule has 0 aliphatic carbocycles. The van der Waals surface area contributed by atoms with Crippen LogP contribution in [0, 0.1) is 25.6 Å². The molecule has 5 heteroatoms. The molecule has 0 saturated carbocycles. The van der Waals surface area contributed by atoms with Gasteiger partial charge in [0.25, 0.3) is 0 Å². The number of nitrogens with one attached hydrogen (secondary N) is 1. The average Bonchev–Trinajstić information content (AvgIpc) is 3.39. The van der Waals surface area contributed by atoms with E-state index in [9.17, 15) is 8.78 Å². The maximum atomic E-state index is 14.0. The van der Waals surface area contributed by atoms with Gasteiger partial charge in [-0.05, 0) is 70.8 Å². The minimum Gasteiger partial charge on any atom is -0.353 e. The molecule has 0 bridgehead atoms. The largest absolute Gasteiger partial charge is 0.353 e. The lowest BCUT2D eigenvalue weighted by atomic mass is 9.82. The highest BCUT2D eigenvalue weighted by molar-refractivity contribution is 6.15. The van der Waals surface area contributed by atoms with Crippen molar-refractivity contribution in [3.05, 3.63) is 132 Å². The molecular formula is C40H33F2N3. The fourth-order valence-electron chi connectivity index (χ4n) is 6.45. The molecule has 3 nitrogen and oxygen atoms in total. The van der Waals surface area contributed by atoms with Crippen LogP contribution in [0.4, 0.5) is 8.78 Å². The lowest BCUT2D eigenvalue weighted by Crippen LogP contribution is -2.12. The molecule has 0 amide bonds. The van der Waals surface area contributed by atoms with Gasteiger partial charge in [0.05, 0.1) is 22.4 Å². The highest BCUT2D eigenvalue weighted by Crippen LogP contribution is 2.39. The Labute approximate surface area is 261 Å². The number of rotatable bonds is 4. The number of aromatic amines is 1. The summed E-state index contributed by atoms with van der Waals surface area (Å²) in [5.74, 6) is -1.50. The van der Waals surface area contributed by atoms with E-state index in [1.54, 1.807) is 0 Å². The van der Waals surface area contributed by atoms with Crippen LogP contribution in [0.1, 0.15) is 37.5 Å². The highest BCUT2D eigenvalue weighted by Gasteiger charge is 2.19. The van der Waals surface area contributed by atoms with Crippen LogP contribution >= 0.6 is 0 Å². The molecule has 0 spiro atoms. The minimum absolute atomic E-state index is 0.0805. The van der Waals surface area contributed by atoms with Gasteiger partial charge in [-0.15, -0.1) is 0 Å². The van der Waals surface area contributed by atoms with E-state index in [1.807, 2.05) is 36.5 Å². The molecule has 45 heavy (non-hydrogen) atoms. The predicted molar refractivity (Wildman–Crippen MR) is 181 cm³/mol. The number of pyridine rings is 2. The number of halogens is 2. The zero-order valence-electron chi connectivity index (χ0n) is 26.0. The summed E-state index contributed by atoms with van der Waals surface area (Å²) in [6.45, 7) is 11.1. The second-order valence-electron chi connectivity index (χ2n) is 12.8. The molecule has 0 aliphatic heterocycles. The number of benzene rings is 4. The standard InChI is InChI=1S/C40H33F2N3/c1-23-17-28(40(3,4)5)18-24(2)37(23)27-15-16-43-35(20-27)33-14-8-13-32-31-12-7-11-30(38(31)45-39(32)33)25-9-6-10-26(19-25)34-21-29(41)22-36(42)44-34/h6-22,45H,1-5H3. The van der Waals surface area contributed by atoms with E-state index in [0.29, 0.717) is 5.56 Å². The first-order chi connectivity index (χ1) is 21.6. The molecule has 0 saturated heterocycles. The Hall–Kier alpha value is -5.16. The zero-order valence-corrected chi connectivity index (χ0v) is 26.0. The number of hydrogen-bond acceptors (Lipinski definition) is 2. The lowest BCUT2D eigenvalue weighted by Gasteiger charge is -2.22. The summed E-state index contributed by atoms with van der Waals surface area (Å²) in [5.41, 5.74) is 13.0. The van der Waals surface area contributed by atoms with Gasteiger partial charge in [0.15, 0.2) is 0 Å². The lowest BCUT2D eigenvalue weighted by molar-refractivity contribution is 0.554. The zero-order chi connectivity index (χ0) is 31.5. The Morgan fingerprint density at radius 1 is 0.622 bits per heavy atom. The van der Waals surface area contributed by atoms with Gasteiger partial charge < -0.3 is 4.98 Å². The minimum atomic E-state index is -0.842. The van der Waals surface area contributed by atoms with Gasteiger partial charge in [0, 0.05) is 45.8 Å². The van der Waals surface area contributed by atoms with Gasteiger partial charge in [-0.25, -0.2) is 9.37 Å². The summed E-state index contributed by atoms with van der Waals surface area (Å²) in [6.07, 6.45) is 1.89. The van der Waals surface area contributed by atoms with E-state index >= 15 is 0 Å². The molecule has 0 atom stereocenters. The van der Waals surface area contributed by atoms with Crippen LogP contribution in [0.5, 0.6) is 0 Å². The molecule has 0 aliphatic rings. The number of aryl methyl sites for hydroxylation is 2. The first-order valence-corrected chi connectivity index (χ1v) is 15.1. The van der Waals surface area contributed by atoms with Crippen molar-refractivity contribution in [3.63, 3.8) is 0 Å². The molecule has 0 unspecified atom stereocenters. The number of hydrogen-bond donors (Lipinski definition) is 1. The number of H-pyrrole nitrogens is 1. The Morgan fingerprint density at radius 3 is 1.96 bits per heavy atom. The van der Waals surface area contributed by atoms with Crippen LogP contribution in [0.15, 0.2) is 103 Å². The molecule has 4 aromatic carbocycles. The fourth-order valence-corrected chi connectivity index (χ4v) is 6.45. The molecular weight excluding hydrogens is 560 g/mol. The van der Waals surface area contributed by atoms with Crippen LogP contribution in [-0.2, 0) is 5.41 Å². The SMILES string of the molecule is Cc1cc(C(C)(C)C)cc(C)c1-c1ccnc(-c2cccc3c2[nH]c2c(-c4cccc(-c5cc(F)cc(F)n5)c4)cccc23)c1. The van der Waals surface area contributed by atoms with Crippen LogP contribution in [0.25, 0.3) is 66.6 Å². The second-order valence-corrected chi connectivity index (χ2v) is 12.8. The summed E-state index contributed by atoms with van der Waals surface area (Å²) in [6, 6.07) is 31.0. The molecule has 7 rings (SSSR count). The Bertz CT molecular complexity index is 2210. The van der Waals surface area contributed by atoms with E-state index in [2.05, 4.69) is 99.2 Å². The van der Waals surface area contributed by atoms with Gasteiger partial charge in [0.1, 0.15) is 5.82 Å². The Kier molecular flexibility index (Phi) is 6.85. The maximum Gasteiger partial charge on any atom is 0.216 e. The first-order valence-electron chi connectivity index (χ1n) is 15.1. The van der Waals surface area contributed by atoms with E-state index in [1.165, 1.54) is 28.3 Å². The molecule has 222 valence electrons. The molecule has 3 aromatic heterocycles. The van der Waals surface area contributed by atoms with Crippen LogP contribution in [-0.4, -0.2) is 15.0 Å². The van der Waals surface area contributed by atoms with Crippen LogP contribution < -0.4 is 0 Å². The Morgan fingerprint density at radius 2 is 1.27 bits per heavy atom. The van der Waals surface area contributed by atoms with Crippen molar-refractivity contribution in [1.82, 2.24) is 15.0 Å². The van der Waals surface area contributed by atoms with Crippen molar-refractivity contribution in [3.8, 4) is 44.8 Å². The quantitative estimate of drug-likeness (QED) is 0.206. The smallest absolute Gasteiger partial charge is 0.216 e. The normalized spacial score (nSPS) is 11.9. The monoisotopic (exact) mass is 593 g/mol. The predicted octanol–water partition coefficient (Wildman–Crippen LogP) is 11.0. The van der Waals surface area contributed by atoms with Gasteiger partial charge in [0.2, 0.25) is 5.95 Å².